The predicted octanol–water partition coefficient (Wildman–Crippen LogP) is 0.132. The van der Waals surface area contributed by atoms with Gasteiger partial charge in [0.1, 0.15) is 0 Å². The molecule has 0 saturated carbocycles. The first-order chi connectivity index (χ1) is 8.19. The molecule has 2 atom stereocenters. The summed E-state index contributed by atoms with van der Waals surface area (Å²) in [4.78, 5) is 13.7. The van der Waals surface area contributed by atoms with Gasteiger partial charge < -0.3 is 20.1 Å². The van der Waals surface area contributed by atoms with Crippen molar-refractivity contribution < 1.29 is 14.3 Å². The Balaban J connectivity index is 1.93. The second-order valence-corrected chi connectivity index (χ2v) is 4.99. The van der Waals surface area contributed by atoms with E-state index in [1.54, 1.807) is 7.11 Å². The molecule has 1 spiro atoms. The lowest BCUT2D eigenvalue weighted by Gasteiger charge is -2.37. The summed E-state index contributed by atoms with van der Waals surface area (Å²) in [7, 11) is 1.75. The van der Waals surface area contributed by atoms with Crippen molar-refractivity contribution in [2.75, 3.05) is 33.4 Å². The van der Waals surface area contributed by atoms with E-state index in [1.165, 1.54) is 0 Å². The molecule has 2 rings (SSSR count). The largest absolute Gasteiger partial charge is 0.381 e. The normalized spacial score (nSPS) is 33.3. The molecule has 0 bridgehead atoms. The van der Waals surface area contributed by atoms with Crippen LogP contribution in [0.1, 0.15) is 25.7 Å². The number of nitrogens with two attached hydrogens (primary N) is 1. The first kappa shape index (κ1) is 12.8. The molecule has 17 heavy (non-hydrogen) atoms. The summed E-state index contributed by atoms with van der Waals surface area (Å²) in [5, 5.41) is 0. The molecule has 0 aromatic heterocycles. The van der Waals surface area contributed by atoms with Crippen LogP contribution in [0.5, 0.6) is 0 Å². The fourth-order valence-corrected chi connectivity index (χ4v) is 2.81. The van der Waals surface area contributed by atoms with Gasteiger partial charge in [-0.1, -0.05) is 0 Å². The van der Waals surface area contributed by atoms with Gasteiger partial charge in [-0.15, -0.1) is 0 Å². The molecule has 2 fully saturated rings. The maximum Gasteiger partial charge on any atom is 0.223 e. The topological polar surface area (TPSA) is 64.8 Å². The van der Waals surface area contributed by atoms with Crippen molar-refractivity contribution in [2.24, 2.45) is 5.73 Å². The van der Waals surface area contributed by atoms with Crippen LogP contribution in [0, 0.1) is 0 Å². The quantitative estimate of drug-likeness (QED) is 0.764. The maximum atomic E-state index is 11.8. The van der Waals surface area contributed by atoms with Gasteiger partial charge in [-0.05, 0) is 12.8 Å². The first-order valence-corrected chi connectivity index (χ1v) is 6.34. The van der Waals surface area contributed by atoms with Crippen molar-refractivity contribution >= 4 is 5.91 Å². The lowest BCUT2D eigenvalue weighted by molar-refractivity contribution is -0.137. The summed E-state index contributed by atoms with van der Waals surface area (Å²) < 4.78 is 11.3. The molecule has 2 N–H and O–H groups in total. The number of carbonyl (C=O) groups is 1. The fourth-order valence-electron chi connectivity index (χ4n) is 2.81. The van der Waals surface area contributed by atoms with Gasteiger partial charge in [0, 0.05) is 46.2 Å². The third-order valence-electron chi connectivity index (χ3n) is 3.81. The average molecular weight is 242 g/mol. The van der Waals surface area contributed by atoms with E-state index in [1.807, 2.05) is 4.90 Å². The Hall–Kier alpha value is -0.650. The molecule has 2 aliphatic heterocycles. The highest BCUT2D eigenvalue weighted by atomic mass is 16.5. The average Bonchev–Trinajstić information content (AvgIpc) is 2.73. The van der Waals surface area contributed by atoms with E-state index in [4.69, 9.17) is 15.2 Å². The van der Waals surface area contributed by atoms with Crippen molar-refractivity contribution in [3.8, 4) is 0 Å². The molecule has 2 heterocycles. The van der Waals surface area contributed by atoms with Crippen molar-refractivity contribution in [2.45, 2.75) is 37.4 Å². The Bertz CT molecular complexity index is 285. The minimum atomic E-state index is -0.164. The smallest absolute Gasteiger partial charge is 0.223 e. The molecule has 2 aliphatic rings. The van der Waals surface area contributed by atoms with E-state index < -0.39 is 0 Å². The van der Waals surface area contributed by atoms with Crippen LogP contribution >= 0.6 is 0 Å². The van der Waals surface area contributed by atoms with Gasteiger partial charge in [0.2, 0.25) is 5.91 Å². The van der Waals surface area contributed by atoms with Crippen LogP contribution in [0.15, 0.2) is 0 Å². The molecular formula is C12H22N2O3. The number of amides is 1. The van der Waals surface area contributed by atoms with Crippen LogP contribution in [-0.2, 0) is 14.3 Å². The number of hydrogen-bond acceptors (Lipinski definition) is 4. The van der Waals surface area contributed by atoms with E-state index >= 15 is 0 Å². The predicted molar refractivity (Wildman–Crippen MR) is 63.6 cm³/mol. The van der Waals surface area contributed by atoms with Gasteiger partial charge in [0.25, 0.3) is 0 Å². The minimum absolute atomic E-state index is 0.146. The van der Waals surface area contributed by atoms with Crippen LogP contribution in [0.3, 0.4) is 0 Å². The summed E-state index contributed by atoms with van der Waals surface area (Å²) in [6.07, 6.45) is 3.48. The van der Waals surface area contributed by atoms with E-state index in [-0.39, 0.29) is 17.6 Å². The monoisotopic (exact) mass is 242 g/mol. The van der Waals surface area contributed by atoms with Crippen molar-refractivity contribution in [1.82, 2.24) is 4.90 Å². The Labute approximate surface area is 102 Å². The van der Waals surface area contributed by atoms with Crippen LogP contribution in [0.4, 0.5) is 0 Å². The lowest BCUT2D eigenvalue weighted by atomic mass is 9.91. The molecule has 98 valence electrons. The summed E-state index contributed by atoms with van der Waals surface area (Å²) in [5.74, 6) is 0.146. The summed E-state index contributed by atoms with van der Waals surface area (Å²) in [6.45, 7) is 2.64. The maximum absolute atomic E-state index is 11.8. The number of rotatable bonds is 3. The third kappa shape index (κ3) is 2.78. The van der Waals surface area contributed by atoms with Gasteiger partial charge in [-0.3, -0.25) is 4.79 Å². The van der Waals surface area contributed by atoms with Crippen LogP contribution < -0.4 is 5.73 Å². The number of likely N-dealkylation sites (tertiary alicyclic amines) is 1. The molecule has 0 unspecified atom stereocenters. The van der Waals surface area contributed by atoms with Gasteiger partial charge in [0.05, 0.1) is 11.7 Å². The van der Waals surface area contributed by atoms with Crippen LogP contribution in [0.2, 0.25) is 0 Å². The number of hydrogen-bond donors (Lipinski definition) is 1. The number of carbonyl (C=O) groups excluding carboxylic acids is 1. The van der Waals surface area contributed by atoms with Gasteiger partial charge in [-0.25, -0.2) is 0 Å². The van der Waals surface area contributed by atoms with E-state index in [0.29, 0.717) is 19.5 Å². The molecule has 0 radical (unpaired) electrons. The molecule has 5 nitrogen and oxygen atoms in total. The molecule has 2 saturated heterocycles. The zero-order chi connectivity index (χ0) is 12.3. The van der Waals surface area contributed by atoms with Crippen molar-refractivity contribution in [3.05, 3.63) is 0 Å². The lowest BCUT2D eigenvalue weighted by Crippen LogP contribution is -2.45. The first-order valence-electron chi connectivity index (χ1n) is 6.34. The minimum Gasteiger partial charge on any atom is -0.381 e. The van der Waals surface area contributed by atoms with Crippen molar-refractivity contribution in [3.63, 3.8) is 0 Å². The van der Waals surface area contributed by atoms with Crippen LogP contribution in [0.25, 0.3) is 0 Å². The fraction of sp³-hybridized carbons (Fsp3) is 0.917. The van der Waals surface area contributed by atoms with Gasteiger partial charge in [-0.2, -0.15) is 0 Å². The highest BCUT2D eigenvalue weighted by molar-refractivity contribution is 5.76. The molecule has 5 heteroatoms. The highest BCUT2D eigenvalue weighted by Crippen LogP contribution is 2.35. The second-order valence-electron chi connectivity index (χ2n) is 4.99. The second kappa shape index (κ2) is 5.33. The zero-order valence-corrected chi connectivity index (χ0v) is 10.5. The Morgan fingerprint density at radius 1 is 1.65 bits per heavy atom. The highest BCUT2D eigenvalue weighted by Gasteiger charge is 2.44. The van der Waals surface area contributed by atoms with E-state index in [2.05, 4.69) is 0 Å². The molecule has 0 aromatic carbocycles. The third-order valence-corrected chi connectivity index (χ3v) is 3.81. The molecule has 0 aromatic rings. The Morgan fingerprint density at radius 3 is 3.18 bits per heavy atom. The zero-order valence-electron chi connectivity index (χ0n) is 10.5. The summed E-state index contributed by atoms with van der Waals surface area (Å²) in [6, 6.07) is 0. The van der Waals surface area contributed by atoms with E-state index in [9.17, 15) is 4.79 Å². The van der Waals surface area contributed by atoms with Crippen molar-refractivity contribution in [1.29, 1.82) is 0 Å². The summed E-state index contributed by atoms with van der Waals surface area (Å²) >= 11 is 0. The molecule has 1 amide bonds. The van der Waals surface area contributed by atoms with Gasteiger partial charge >= 0.3 is 0 Å². The summed E-state index contributed by atoms with van der Waals surface area (Å²) in [5.41, 5.74) is 5.25. The van der Waals surface area contributed by atoms with E-state index in [0.717, 1.165) is 32.4 Å². The Kier molecular flexibility index (Phi) is 4.01. The SMILES string of the molecule is CO[C@@H]1CCO[C@@]2(CCN(C(=O)CCN)C2)C1. The molecular weight excluding hydrogens is 220 g/mol. The standard InChI is InChI=1S/C12H22N2O3/c1-16-10-3-7-17-12(8-10)4-6-14(9-12)11(15)2-5-13/h10H,2-9,13H2,1H3/t10-,12+/m1/s1. The Morgan fingerprint density at radius 2 is 2.47 bits per heavy atom. The number of ether oxygens (including phenoxy) is 2. The number of nitrogens with zero attached hydrogens (tertiary/aromatic N) is 1. The number of methoxy groups -OCH3 is 1. The molecule has 0 aliphatic carbocycles. The van der Waals surface area contributed by atoms with Crippen LogP contribution in [-0.4, -0.2) is 55.9 Å². The van der Waals surface area contributed by atoms with Gasteiger partial charge in [0.15, 0.2) is 0 Å².